The molecule has 148 valence electrons. The van der Waals surface area contributed by atoms with E-state index in [0.29, 0.717) is 11.1 Å². The van der Waals surface area contributed by atoms with Gasteiger partial charge in [-0.05, 0) is 44.0 Å². The van der Waals surface area contributed by atoms with Gasteiger partial charge in [0.25, 0.3) is 0 Å². The van der Waals surface area contributed by atoms with E-state index in [1.165, 1.54) is 26.0 Å². The fourth-order valence-corrected chi connectivity index (χ4v) is 4.43. The normalized spacial score (nSPS) is 13.4. The molecule has 2 rings (SSSR count). The molecule has 1 N–H and O–H groups in total. The lowest BCUT2D eigenvalue weighted by Gasteiger charge is -2.23. The largest absolute Gasteiger partial charge is 0.491 e. The number of benzene rings is 2. The van der Waals surface area contributed by atoms with Crippen LogP contribution >= 0.6 is 0 Å². The van der Waals surface area contributed by atoms with Crippen LogP contribution < -0.4 is 9.46 Å². The van der Waals surface area contributed by atoms with Gasteiger partial charge >= 0.3 is 6.18 Å². The van der Waals surface area contributed by atoms with Crippen molar-refractivity contribution in [2.45, 2.75) is 37.9 Å². The average Bonchev–Trinajstić information content (AvgIpc) is 2.49. The lowest BCUT2D eigenvalue weighted by molar-refractivity contribution is -0.157. The maximum absolute atomic E-state index is 13.3. The second-order valence-corrected chi connectivity index (χ2v) is 7.86. The van der Waals surface area contributed by atoms with Crippen molar-refractivity contribution in [3.8, 4) is 5.75 Å². The third-order valence-corrected chi connectivity index (χ3v) is 5.55. The maximum Gasteiger partial charge on any atom is 0.408 e. The van der Waals surface area contributed by atoms with Crippen LogP contribution in [0.2, 0.25) is 0 Å². The Labute approximate surface area is 155 Å². The fourth-order valence-electron chi connectivity index (χ4n) is 2.77. The van der Waals surface area contributed by atoms with Gasteiger partial charge < -0.3 is 4.74 Å². The molecule has 0 aromatic heterocycles. The van der Waals surface area contributed by atoms with Crippen LogP contribution in [-0.2, 0) is 10.0 Å². The zero-order valence-corrected chi connectivity index (χ0v) is 15.7. The number of alkyl halides is 3. The van der Waals surface area contributed by atoms with Crippen molar-refractivity contribution in [3.63, 3.8) is 0 Å². The van der Waals surface area contributed by atoms with Crippen LogP contribution in [0.15, 0.2) is 41.3 Å². The molecule has 27 heavy (non-hydrogen) atoms. The molecule has 0 radical (unpaired) electrons. The molecule has 0 aliphatic carbocycles. The molecule has 0 saturated carbocycles. The molecule has 0 saturated heterocycles. The molecule has 0 bridgehead atoms. The number of hydrogen-bond donors (Lipinski definition) is 1. The van der Waals surface area contributed by atoms with Gasteiger partial charge in [0.1, 0.15) is 18.2 Å². The van der Waals surface area contributed by atoms with Gasteiger partial charge in [-0.2, -0.15) is 17.9 Å². The van der Waals surface area contributed by atoms with Gasteiger partial charge in [-0.25, -0.2) is 12.8 Å². The third kappa shape index (κ3) is 5.43. The number of nitrogens with one attached hydrogen (secondary N) is 1. The highest BCUT2D eigenvalue weighted by molar-refractivity contribution is 7.89. The van der Waals surface area contributed by atoms with Gasteiger partial charge in [-0.3, -0.25) is 0 Å². The summed E-state index contributed by atoms with van der Waals surface area (Å²) in [4.78, 5) is -0.201. The van der Waals surface area contributed by atoms with Crippen molar-refractivity contribution < 1.29 is 30.7 Å². The molecule has 0 fully saturated rings. The first-order chi connectivity index (χ1) is 12.4. The Balaban J connectivity index is 2.28. The highest BCUT2D eigenvalue weighted by Crippen LogP contribution is 2.26. The van der Waals surface area contributed by atoms with E-state index in [1.807, 2.05) is 0 Å². The van der Waals surface area contributed by atoms with Crippen molar-refractivity contribution in [2.75, 3.05) is 6.61 Å². The van der Waals surface area contributed by atoms with E-state index in [-0.39, 0.29) is 10.6 Å². The van der Waals surface area contributed by atoms with Crippen molar-refractivity contribution in [1.82, 2.24) is 4.72 Å². The minimum Gasteiger partial charge on any atom is -0.491 e. The molecule has 0 aliphatic rings. The average molecular weight is 405 g/mol. The smallest absolute Gasteiger partial charge is 0.408 e. The Morgan fingerprint density at radius 1 is 1.07 bits per heavy atom. The Hall–Kier alpha value is -2.13. The third-order valence-electron chi connectivity index (χ3n) is 3.78. The summed E-state index contributed by atoms with van der Waals surface area (Å²) in [6.07, 6.45) is -4.90. The zero-order valence-electron chi connectivity index (χ0n) is 14.9. The lowest BCUT2D eigenvalue weighted by Crippen LogP contribution is -2.49. The Morgan fingerprint density at radius 2 is 1.67 bits per heavy atom. The van der Waals surface area contributed by atoms with Crippen molar-refractivity contribution in [3.05, 3.63) is 58.9 Å². The van der Waals surface area contributed by atoms with E-state index in [1.54, 1.807) is 23.8 Å². The van der Waals surface area contributed by atoms with E-state index in [0.717, 1.165) is 17.7 Å². The maximum atomic E-state index is 13.3. The zero-order chi connectivity index (χ0) is 20.4. The predicted octanol–water partition coefficient (Wildman–Crippen LogP) is 4.04. The standard InChI is InChI=1S/C18H19F4NO3S/c1-11-7-12(2)17(13(3)8-11)27(24,25)23-16(18(20,21)22)10-26-15-6-4-5-14(19)9-15/h4-9,16,23H,10H2,1-3H3. The summed E-state index contributed by atoms with van der Waals surface area (Å²) < 4.78 is 84.9. The van der Waals surface area contributed by atoms with Gasteiger partial charge in [-0.1, -0.05) is 23.8 Å². The van der Waals surface area contributed by atoms with Gasteiger partial charge in [0.2, 0.25) is 10.0 Å². The molecule has 0 spiro atoms. The van der Waals surface area contributed by atoms with E-state index in [9.17, 15) is 26.0 Å². The number of ether oxygens (including phenoxy) is 1. The molecular weight excluding hydrogens is 386 g/mol. The van der Waals surface area contributed by atoms with E-state index in [4.69, 9.17) is 4.74 Å². The summed E-state index contributed by atoms with van der Waals surface area (Å²) in [6, 6.07) is 5.23. The SMILES string of the molecule is Cc1cc(C)c(S(=O)(=O)NC(COc2cccc(F)c2)C(F)(F)F)c(C)c1. The summed E-state index contributed by atoms with van der Waals surface area (Å²) in [7, 11) is -4.46. The number of rotatable bonds is 6. The van der Waals surface area contributed by atoms with Crippen LogP contribution in [0.1, 0.15) is 16.7 Å². The Bertz CT molecular complexity index is 903. The summed E-state index contributed by atoms with van der Waals surface area (Å²) in [5.41, 5.74) is 1.48. The molecule has 0 heterocycles. The quantitative estimate of drug-likeness (QED) is 0.738. The molecule has 2 aromatic carbocycles. The molecular formula is C18H19F4NO3S. The first-order valence-corrected chi connectivity index (χ1v) is 9.44. The monoisotopic (exact) mass is 405 g/mol. The second-order valence-electron chi connectivity index (χ2n) is 6.21. The van der Waals surface area contributed by atoms with Crippen molar-refractivity contribution in [2.24, 2.45) is 0 Å². The molecule has 1 atom stereocenters. The number of sulfonamides is 1. The first-order valence-electron chi connectivity index (χ1n) is 7.95. The van der Waals surface area contributed by atoms with Gasteiger partial charge in [0.15, 0.2) is 6.04 Å². The molecule has 9 heteroatoms. The predicted molar refractivity (Wildman–Crippen MR) is 92.7 cm³/mol. The van der Waals surface area contributed by atoms with Gasteiger partial charge in [0.05, 0.1) is 4.90 Å². The minimum atomic E-state index is -4.90. The van der Waals surface area contributed by atoms with E-state index < -0.39 is 34.7 Å². The molecule has 2 aromatic rings. The van der Waals surface area contributed by atoms with Crippen LogP contribution in [0.4, 0.5) is 17.6 Å². The van der Waals surface area contributed by atoms with Crippen LogP contribution in [0.25, 0.3) is 0 Å². The molecule has 0 aliphatic heterocycles. The van der Waals surface area contributed by atoms with Crippen molar-refractivity contribution in [1.29, 1.82) is 0 Å². The lowest BCUT2D eigenvalue weighted by atomic mass is 10.1. The van der Waals surface area contributed by atoms with E-state index >= 15 is 0 Å². The van der Waals surface area contributed by atoms with Crippen LogP contribution in [0, 0.1) is 26.6 Å². The number of aryl methyl sites for hydroxylation is 3. The van der Waals surface area contributed by atoms with Crippen LogP contribution in [0.3, 0.4) is 0 Å². The van der Waals surface area contributed by atoms with E-state index in [2.05, 4.69) is 0 Å². The minimum absolute atomic E-state index is 0.133. The first kappa shape index (κ1) is 21.2. The molecule has 1 unspecified atom stereocenters. The fraction of sp³-hybridized carbons (Fsp3) is 0.333. The Kier molecular flexibility index (Phi) is 6.16. The number of halogens is 4. The summed E-state index contributed by atoms with van der Waals surface area (Å²) >= 11 is 0. The second kappa shape index (κ2) is 7.85. The van der Waals surface area contributed by atoms with Gasteiger partial charge in [0, 0.05) is 6.07 Å². The van der Waals surface area contributed by atoms with Crippen molar-refractivity contribution >= 4 is 10.0 Å². The topological polar surface area (TPSA) is 55.4 Å². The summed E-state index contributed by atoms with van der Waals surface area (Å²) in [5, 5.41) is 0. The summed E-state index contributed by atoms with van der Waals surface area (Å²) in [6.45, 7) is 3.76. The molecule has 4 nitrogen and oxygen atoms in total. The Morgan fingerprint density at radius 3 is 2.19 bits per heavy atom. The van der Waals surface area contributed by atoms with Crippen LogP contribution in [0.5, 0.6) is 5.75 Å². The molecule has 0 amide bonds. The van der Waals surface area contributed by atoms with Gasteiger partial charge in [-0.15, -0.1) is 0 Å². The highest BCUT2D eigenvalue weighted by Gasteiger charge is 2.43. The highest BCUT2D eigenvalue weighted by atomic mass is 32.2. The number of hydrogen-bond acceptors (Lipinski definition) is 3. The summed E-state index contributed by atoms with van der Waals surface area (Å²) in [5.74, 6) is -0.811. The van der Waals surface area contributed by atoms with Crippen LogP contribution in [-0.4, -0.2) is 27.2 Å².